The summed E-state index contributed by atoms with van der Waals surface area (Å²) in [6, 6.07) is -0.337. The Morgan fingerprint density at radius 3 is 2.76 bits per heavy atom. The summed E-state index contributed by atoms with van der Waals surface area (Å²) < 4.78 is 0. The number of carbonyl (C=O) groups excluding carboxylic acids is 2. The Bertz CT molecular complexity index is 363. The van der Waals surface area contributed by atoms with Gasteiger partial charge in [0.25, 0.3) is 0 Å². The fraction of sp³-hybridized carbons (Fsp3) is 0.867. The summed E-state index contributed by atoms with van der Waals surface area (Å²) in [5.74, 6) is 1.03. The van der Waals surface area contributed by atoms with E-state index >= 15 is 0 Å². The second-order valence-corrected chi connectivity index (χ2v) is 7.36. The molecule has 5 nitrogen and oxygen atoms in total. The topological polar surface area (TPSA) is 70.2 Å². The highest BCUT2D eigenvalue weighted by Gasteiger charge is 2.28. The summed E-state index contributed by atoms with van der Waals surface area (Å²) in [6.07, 6.45) is 7.34. The van der Waals surface area contributed by atoms with E-state index in [1.165, 1.54) is 19.3 Å². The van der Waals surface area contributed by atoms with Gasteiger partial charge in [-0.3, -0.25) is 4.79 Å². The molecular formula is C15H27N3O2S. The number of amides is 3. The van der Waals surface area contributed by atoms with Crippen molar-refractivity contribution >= 4 is 23.7 Å². The lowest BCUT2D eigenvalue weighted by Gasteiger charge is -2.32. The van der Waals surface area contributed by atoms with E-state index in [2.05, 4.69) is 22.9 Å². The van der Waals surface area contributed by atoms with Crippen LogP contribution in [0.2, 0.25) is 0 Å². The summed E-state index contributed by atoms with van der Waals surface area (Å²) in [7, 11) is 0. The first-order valence-corrected chi connectivity index (χ1v) is 9.22. The van der Waals surface area contributed by atoms with Crippen molar-refractivity contribution in [1.29, 1.82) is 0 Å². The summed E-state index contributed by atoms with van der Waals surface area (Å²) >= 11 is 1.93. The van der Waals surface area contributed by atoms with Gasteiger partial charge in [-0.25, -0.2) is 4.79 Å². The third-order valence-electron chi connectivity index (χ3n) is 4.24. The average molecular weight is 313 g/mol. The van der Waals surface area contributed by atoms with Crippen molar-refractivity contribution in [2.75, 3.05) is 12.3 Å². The molecule has 1 saturated heterocycles. The zero-order valence-corrected chi connectivity index (χ0v) is 13.6. The monoisotopic (exact) mass is 313 g/mol. The number of rotatable bonds is 4. The lowest BCUT2D eigenvalue weighted by Crippen LogP contribution is -2.53. The molecule has 21 heavy (non-hydrogen) atoms. The fourth-order valence-electron chi connectivity index (χ4n) is 3.12. The van der Waals surface area contributed by atoms with Crippen LogP contribution < -0.4 is 16.0 Å². The minimum Gasteiger partial charge on any atom is -0.354 e. The van der Waals surface area contributed by atoms with Gasteiger partial charge in [-0.05, 0) is 37.9 Å². The molecule has 0 radical (unpaired) electrons. The van der Waals surface area contributed by atoms with E-state index < -0.39 is 0 Å². The molecular weight excluding hydrogens is 286 g/mol. The minimum atomic E-state index is -0.381. The van der Waals surface area contributed by atoms with E-state index in [0.29, 0.717) is 5.25 Å². The van der Waals surface area contributed by atoms with Crippen LogP contribution in [-0.4, -0.2) is 41.6 Å². The Labute approximate surface area is 131 Å². The van der Waals surface area contributed by atoms with Crippen LogP contribution in [0.1, 0.15) is 51.9 Å². The van der Waals surface area contributed by atoms with Gasteiger partial charge in [-0.1, -0.05) is 19.8 Å². The van der Waals surface area contributed by atoms with Crippen molar-refractivity contribution in [3.8, 4) is 0 Å². The zero-order valence-electron chi connectivity index (χ0n) is 12.8. The second-order valence-electron chi connectivity index (χ2n) is 5.84. The van der Waals surface area contributed by atoms with Crippen LogP contribution in [0.15, 0.2) is 0 Å². The molecule has 0 aromatic carbocycles. The molecule has 3 amide bonds. The molecule has 1 aliphatic carbocycles. The number of hydrogen-bond acceptors (Lipinski definition) is 3. The molecule has 120 valence electrons. The molecule has 0 bridgehead atoms. The first-order valence-electron chi connectivity index (χ1n) is 8.17. The molecule has 1 aliphatic heterocycles. The Morgan fingerprint density at radius 2 is 1.95 bits per heavy atom. The first kappa shape index (κ1) is 16.5. The Kier molecular flexibility index (Phi) is 6.67. The molecule has 3 N–H and O–H groups in total. The SMILES string of the molecule is CCSC1CCCCC1NC(=O)NC1CCCCNC1=O. The van der Waals surface area contributed by atoms with E-state index in [0.717, 1.165) is 38.0 Å². The Hall–Kier alpha value is -0.910. The van der Waals surface area contributed by atoms with Crippen LogP contribution in [0.5, 0.6) is 0 Å². The Balaban J connectivity index is 1.83. The Morgan fingerprint density at radius 1 is 1.19 bits per heavy atom. The minimum absolute atomic E-state index is 0.0502. The second kappa shape index (κ2) is 8.51. The highest BCUT2D eigenvalue weighted by molar-refractivity contribution is 7.99. The molecule has 1 saturated carbocycles. The van der Waals surface area contributed by atoms with E-state index in [-0.39, 0.29) is 24.0 Å². The molecule has 0 aromatic rings. The summed E-state index contributed by atoms with van der Waals surface area (Å²) in [6.45, 7) is 2.88. The lowest BCUT2D eigenvalue weighted by atomic mass is 9.95. The zero-order chi connectivity index (χ0) is 15.1. The molecule has 6 heteroatoms. The van der Waals surface area contributed by atoms with Crippen molar-refractivity contribution in [1.82, 2.24) is 16.0 Å². The van der Waals surface area contributed by atoms with Crippen LogP contribution >= 0.6 is 11.8 Å². The number of thioether (sulfide) groups is 1. The summed E-state index contributed by atoms with van der Waals surface area (Å²) in [5, 5.41) is 9.30. The third-order valence-corrected chi connectivity index (χ3v) is 5.57. The van der Waals surface area contributed by atoms with Crippen LogP contribution in [0.3, 0.4) is 0 Å². The van der Waals surface area contributed by atoms with Gasteiger partial charge in [0.05, 0.1) is 0 Å². The van der Waals surface area contributed by atoms with E-state index in [9.17, 15) is 9.59 Å². The van der Waals surface area contributed by atoms with Crippen LogP contribution in [0, 0.1) is 0 Å². The van der Waals surface area contributed by atoms with Crippen LogP contribution in [0.4, 0.5) is 4.79 Å². The predicted molar refractivity (Wildman–Crippen MR) is 86.5 cm³/mol. The van der Waals surface area contributed by atoms with Gasteiger partial charge < -0.3 is 16.0 Å². The number of carbonyl (C=O) groups is 2. The van der Waals surface area contributed by atoms with Gasteiger partial charge in [0.15, 0.2) is 0 Å². The third kappa shape index (κ3) is 5.09. The van der Waals surface area contributed by atoms with Crippen molar-refractivity contribution < 1.29 is 9.59 Å². The number of hydrogen-bond donors (Lipinski definition) is 3. The maximum Gasteiger partial charge on any atom is 0.315 e. The van der Waals surface area contributed by atoms with E-state index in [4.69, 9.17) is 0 Å². The molecule has 2 fully saturated rings. The van der Waals surface area contributed by atoms with Gasteiger partial charge in [0, 0.05) is 17.8 Å². The van der Waals surface area contributed by atoms with Crippen LogP contribution in [0.25, 0.3) is 0 Å². The largest absolute Gasteiger partial charge is 0.354 e. The standard InChI is InChI=1S/C15H27N3O2S/c1-2-21-13-9-4-3-7-11(13)17-15(20)18-12-8-5-6-10-16-14(12)19/h11-13H,2-10H2,1H3,(H,16,19)(H2,17,18,20). The van der Waals surface area contributed by atoms with E-state index in [1.54, 1.807) is 0 Å². The average Bonchev–Trinajstić information content (AvgIpc) is 2.67. The van der Waals surface area contributed by atoms with E-state index in [1.807, 2.05) is 11.8 Å². The molecule has 0 spiro atoms. The van der Waals surface area contributed by atoms with Gasteiger partial charge in [0.1, 0.15) is 6.04 Å². The molecule has 1 heterocycles. The van der Waals surface area contributed by atoms with Crippen molar-refractivity contribution in [2.24, 2.45) is 0 Å². The predicted octanol–water partition coefficient (Wildman–Crippen LogP) is 2.02. The normalized spacial score (nSPS) is 30.1. The van der Waals surface area contributed by atoms with Crippen molar-refractivity contribution in [2.45, 2.75) is 69.2 Å². The van der Waals surface area contributed by atoms with Gasteiger partial charge >= 0.3 is 6.03 Å². The lowest BCUT2D eigenvalue weighted by molar-refractivity contribution is -0.122. The van der Waals surface area contributed by atoms with Crippen LogP contribution in [-0.2, 0) is 4.79 Å². The summed E-state index contributed by atoms with van der Waals surface area (Å²) in [5.41, 5.74) is 0. The molecule has 0 aromatic heterocycles. The van der Waals surface area contributed by atoms with Gasteiger partial charge in [-0.15, -0.1) is 0 Å². The highest BCUT2D eigenvalue weighted by atomic mass is 32.2. The number of nitrogens with one attached hydrogen (secondary N) is 3. The fourth-order valence-corrected chi connectivity index (χ4v) is 4.32. The van der Waals surface area contributed by atoms with Crippen molar-refractivity contribution in [3.05, 3.63) is 0 Å². The quantitative estimate of drug-likeness (QED) is 0.743. The molecule has 2 aliphatic rings. The molecule has 2 rings (SSSR count). The maximum atomic E-state index is 12.2. The van der Waals surface area contributed by atoms with Gasteiger partial charge in [0.2, 0.25) is 5.91 Å². The van der Waals surface area contributed by atoms with Gasteiger partial charge in [-0.2, -0.15) is 11.8 Å². The highest BCUT2D eigenvalue weighted by Crippen LogP contribution is 2.28. The molecule has 3 atom stereocenters. The maximum absolute atomic E-state index is 12.2. The number of urea groups is 1. The van der Waals surface area contributed by atoms with Crippen molar-refractivity contribution in [3.63, 3.8) is 0 Å². The first-order chi connectivity index (χ1) is 10.2. The smallest absolute Gasteiger partial charge is 0.315 e. The molecule has 3 unspecified atom stereocenters. The summed E-state index contributed by atoms with van der Waals surface area (Å²) in [4.78, 5) is 24.0.